The smallest absolute Gasteiger partial charge is 0.251 e. The summed E-state index contributed by atoms with van der Waals surface area (Å²) in [4.78, 5) is 25.9. The van der Waals surface area contributed by atoms with Crippen LogP contribution >= 0.6 is 0 Å². The Bertz CT molecular complexity index is 1230. The largest absolute Gasteiger partial charge is 0.400 e. The van der Waals surface area contributed by atoms with Gasteiger partial charge in [-0.1, -0.05) is 36.1 Å². The van der Waals surface area contributed by atoms with E-state index in [0.717, 1.165) is 30.3 Å². The first-order chi connectivity index (χ1) is 17.6. The lowest BCUT2D eigenvalue weighted by atomic mass is 10.1. The van der Waals surface area contributed by atoms with Crippen LogP contribution in [0, 0.1) is 11.8 Å². The van der Waals surface area contributed by atoms with Gasteiger partial charge in [-0.2, -0.15) is 0 Å². The van der Waals surface area contributed by atoms with E-state index in [9.17, 15) is 18.0 Å². The lowest BCUT2D eigenvalue weighted by molar-refractivity contribution is -0.120. The van der Waals surface area contributed by atoms with E-state index in [4.69, 9.17) is 16.6 Å². The Hall–Kier alpha value is -3.49. The summed E-state index contributed by atoms with van der Waals surface area (Å²) >= 11 is 0. The minimum absolute atomic E-state index is 0.224. The summed E-state index contributed by atoms with van der Waals surface area (Å²) < 4.78 is 23.1. The van der Waals surface area contributed by atoms with E-state index >= 15 is 0 Å². The van der Waals surface area contributed by atoms with Crippen molar-refractivity contribution in [3.8, 4) is 11.8 Å². The molecule has 198 valence electrons. The molecule has 0 bridgehead atoms. The Morgan fingerprint density at radius 1 is 1.08 bits per heavy atom. The van der Waals surface area contributed by atoms with Crippen LogP contribution in [-0.2, 0) is 21.2 Å². The van der Waals surface area contributed by atoms with Crippen LogP contribution in [0.5, 0.6) is 0 Å². The predicted octanol–water partition coefficient (Wildman–Crippen LogP) is 0.521. The maximum absolute atomic E-state index is 12.3. The maximum Gasteiger partial charge on any atom is 0.251 e. The molecule has 6 N–H and O–H groups in total. The fourth-order valence-electron chi connectivity index (χ4n) is 3.55. The monoisotopic (exact) mass is 526 g/mol. The molecule has 3 rings (SSSR count). The standard InChI is InChI=1S/C26H30N4O4S.CH4O/c1-19(27)24(25(28)31)29-26(32)23-12-10-21(11-13-23)5-3-2-4-20-6-8-22(9-7-20)18-30-14-16-35(33,34)17-15-30;1-2/h3,5-13,19,24H,14-18,27H2,1H3,(H2,28,31)(H,29,32);2H,1H3/b5-3+;/t19-,24+;/m1./s1. The SMILES string of the molecule is CO.C[C@@H](N)[C@H](NC(=O)c1ccc(/C=C/C#Cc2ccc(CN3CCS(=O)(=O)CC3)cc2)cc1)C(N)=O. The van der Waals surface area contributed by atoms with Crippen molar-refractivity contribution >= 4 is 27.7 Å². The van der Waals surface area contributed by atoms with Gasteiger partial charge in [0, 0.05) is 43.9 Å². The molecule has 1 fully saturated rings. The van der Waals surface area contributed by atoms with Gasteiger partial charge in [0.05, 0.1) is 11.5 Å². The Morgan fingerprint density at radius 2 is 1.68 bits per heavy atom. The number of primary amides is 1. The number of nitrogens with zero attached hydrogens (tertiary/aromatic N) is 1. The number of aliphatic hydroxyl groups excluding tert-OH is 1. The van der Waals surface area contributed by atoms with Gasteiger partial charge in [0.1, 0.15) is 6.04 Å². The Balaban J connectivity index is 0.00000235. The molecule has 2 aromatic carbocycles. The molecule has 2 atom stereocenters. The number of aliphatic hydroxyl groups is 1. The molecule has 0 unspecified atom stereocenters. The lowest BCUT2D eigenvalue weighted by Crippen LogP contribution is -2.53. The van der Waals surface area contributed by atoms with E-state index in [2.05, 4.69) is 22.1 Å². The zero-order valence-corrected chi connectivity index (χ0v) is 21.9. The van der Waals surface area contributed by atoms with Crippen molar-refractivity contribution in [1.82, 2.24) is 10.2 Å². The van der Waals surface area contributed by atoms with E-state index in [1.54, 1.807) is 37.3 Å². The third-order valence-corrected chi connectivity index (χ3v) is 7.27. The highest BCUT2D eigenvalue weighted by atomic mass is 32.2. The van der Waals surface area contributed by atoms with E-state index in [1.807, 2.05) is 30.3 Å². The molecule has 9 nitrogen and oxygen atoms in total. The number of hydrogen-bond acceptors (Lipinski definition) is 7. The Morgan fingerprint density at radius 3 is 2.22 bits per heavy atom. The van der Waals surface area contributed by atoms with Gasteiger partial charge in [0.2, 0.25) is 5.91 Å². The molecule has 10 heteroatoms. The van der Waals surface area contributed by atoms with Crippen LogP contribution in [0.1, 0.15) is 34.0 Å². The van der Waals surface area contributed by atoms with Crippen molar-refractivity contribution in [1.29, 1.82) is 0 Å². The first kappa shape index (κ1) is 29.7. The number of carbonyl (C=O) groups is 2. The number of rotatable bonds is 7. The predicted molar refractivity (Wildman–Crippen MR) is 145 cm³/mol. The molecule has 2 aromatic rings. The normalized spacial score (nSPS) is 16.4. The van der Waals surface area contributed by atoms with Gasteiger partial charge in [0.25, 0.3) is 5.91 Å². The summed E-state index contributed by atoms with van der Waals surface area (Å²) in [7, 11) is -1.87. The van der Waals surface area contributed by atoms with E-state index in [1.165, 1.54) is 0 Å². The first-order valence-corrected chi connectivity index (χ1v) is 13.6. The molecule has 2 amide bonds. The fraction of sp³-hybridized carbons (Fsp3) is 0.333. The minimum Gasteiger partial charge on any atom is -0.400 e. The first-order valence-electron chi connectivity index (χ1n) is 11.7. The second kappa shape index (κ2) is 14.3. The van der Waals surface area contributed by atoms with Crippen molar-refractivity contribution in [3.63, 3.8) is 0 Å². The molecule has 37 heavy (non-hydrogen) atoms. The van der Waals surface area contributed by atoms with Crippen molar-refractivity contribution in [2.75, 3.05) is 31.7 Å². The summed E-state index contributed by atoms with van der Waals surface area (Å²) in [5.41, 5.74) is 14.2. The highest BCUT2D eigenvalue weighted by Crippen LogP contribution is 2.11. The molecule has 1 aliphatic rings. The average molecular weight is 527 g/mol. The number of sulfone groups is 1. The number of nitrogens with one attached hydrogen (secondary N) is 1. The minimum atomic E-state index is -2.87. The molecule has 1 aliphatic heterocycles. The van der Waals surface area contributed by atoms with E-state index < -0.39 is 33.7 Å². The summed E-state index contributed by atoms with van der Waals surface area (Å²) in [6, 6.07) is 13.2. The summed E-state index contributed by atoms with van der Waals surface area (Å²) in [5.74, 6) is 5.42. The van der Waals surface area contributed by atoms with Gasteiger partial charge in [-0.3, -0.25) is 14.5 Å². The van der Waals surface area contributed by atoms with E-state index in [0.29, 0.717) is 18.7 Å². The molecule has 1 saturated heterocycles. The number of hydrogen-bond donors (Lipinski definition) is 4. The van der Waals surface area contributed by atoms with E-state index in [-0.39, 0.29) is 11.5 Å². The van der Waals surface area contributed by atoms with Crippen molar-refractivity contribution in [3.05, 3.63) is 76.9 Å². The van der Waals surface area contributed by atoms with Crippen LogP contribution in [0.25, 0.3) is 6.08 Å². The van der Waals surface area contributed by atoms with Crippen LogP contribution in [0.3, 0.4) is 0 Å². The molecule has 0 saturated carbocycles. The van der Waals surface area contributed by atoms with Gasteiger partial charge in [-0.05, 0) is 54.5 Å². The topological polar surface area (TPSA) is 156 Å². The second-order valence-electron chi connectivity index (χ2n) is 8.56. The maximum atomic E-state index is 12.3. The molecular weight excluding hydrogens is 492 g/mol. The van der Waals surface area contributed by atoms with Gasteiger partial charge < -0.3 is 21.9 Å². The zero-order valence-electron chi connectivity index (χ0n) is 21.1. The number of carbonyl (C=O) groups excluding carboxylic acids is 2. The highest BCUT2D eigenvalue weighted by molar-refractivity contribution is 7.91. The molecule has 0 spiro atoms. The van der Waals surface area contributed by atoms with Gasteiger partial charge in [-0.25, -0.2) is 8.42 Å². The molecular formula is C27H34N4O5S. The summed E-state index contributed by atoms with van der Waals surface area (Å²) in [6.45, 7) is 3.47. The van der Waals surface area contributed by atoms with Gasteiger partial charge in [-0.15, -0.1) is 0 Å². The van der Waals surface area contributed by atoms with Crippen LogP contribution in [-0.4, -0.2) is 74.0 Å². The third-order valence-electron chi connectivity index (χ3n) is 5.66. The second-order valence-corrected chi connectivity index (χ2v) is 10.9. The quantitative estimate of drug-likeness (QED) is 0.383. The van der Waals surface area contributed by atoms with Crippen LogP contribution < -0.4 is 16.8 Å². The number of amides is 2. The molecule has 0 aromatic heterocycles. The number of benzene rings is 2. The Labute approximate surface area is 218 Å². The van der Waals surface area contributed by atoms with Crippen molar-refractivity contribution < 1.29 is 23.1 Å². The fourth-order valence-corrected chi connectivity index (χ4v) is 4.83. The molecule has 1 heterocycles. The van der Waals surface area contributed by atoms with Crippen molar-refractivity contribution in [2.45, 2.75) is 25.6 Å². The zero-order chi connectivity index (χ0) is 27.4. The van der Waals surface area contributed by atoms with Crippen LogP contribution in [0.15, 0.2) is 54.6 Å². The third kappa shape index (κ3) is 9.82. The van der Waals surface area contributed by atoms with Crippen molar-refractivity contribution in [2.24, 2.45) is 11.5 Å². The number of allylic oxidation sites excluding steroid dienone is 1. The van der Waals surface area contributed by atoms with Crippen LogP contribution in [0.2, 0.25) is 0 Å². The summed E-state index contributed by atoms with van der Waals surface area (Å²) in [6.07, 6.45) is 3.57. The lowest BCUT2D eigenvalue weighted by Gasteiger charge is -2.26. The van der Waals surface area contributed by atoms with Crippen LogP contribution in [0.4, 0.5) is 0 Å². The summed E-state index contributed by atoms with van der Waals surface area (Å²) in [5, 5.41) is 9.55. The molecule has 0 radical (unpaired) electrons. The number of nitrogens with two attached hydrogens (primary N) is 2. The average Bonchev–Trinajstić information content (AvgIpc) is 2.88. The van der Waals surface area contributed by atoms with Gasteiger partial charge >= 0.3 is 0 Å². The highest BCUT2D eigenvalue weighted by Gasteiger charge is 2.23. The van der Waals surface area contributed by atoms with Gasteiger partial charge in [0.15, 0.2) is 9.84 Å². The Kier molecular flexibility index (Phi) is 11.5. The molecule has 0 aliphatic carbocycles.